The molecule has 0 saturated heterocycles. The zero-order valence-corrected chi connectivity index (χ0v) is 17.2. The van der Waals surface area contributed by atoms with Crippen LogP contribution in [0.5, 0.6) is 0 Å². The quantitative estimate of drug-likeness (QED) is 0.157. The maximum absolute atomic E-state index is 14.4. The van der Waals surface area contributed by atoms with Crippen molar-refractivity contribution in [3.8, 4) is 34.2 Å². The molecule has 0 aliphatic heterocycles. The average molecular weight is 561 g/mol. The molecule has 0 N–H and O–H groups in total. The number of nitrogens with zero attached hydrogens (tertiary/aromatic N) is 3. The van der Waals surface area contributed by atoms with Crippen molar-refractivity contribution in [2.45, 2.75) is 0 Å². The van der Waals surface area contributed by atoms with Gasteiger partial charge in [-0.05, 0) is 0 Å². The summed E-state index contributed by atoms with van der Waals surface area (Å²) < 4.78 is 195. The van der Waals surface area contributed by atoms with Gasteiger partial charge in [-0.15, -0.1) is 0 Å². The van der Waals surface area contributed by atoms with E-state index in [0.717, 1.165) is 0 Å². The van der Waals surface area contributed by atoms with E-state index in [2.05, 4.69) is 15.0 Å². The van der Waals surface area contributed by atoms with Crippen LogP contribution in [-0.2, 0) is 0 Å². The van der Waals surface area contributed by atoms with Crippen LogP contribution in [0.25, 0.3) is 34.2 Å². The minimum Gasteiger partial charge on any atom is -0.208 e. The van der Waals surface area contributed by atoms with Gasteiger partial charge in [-0.25, -0.2) is 76.4 Å². The summed E-state index contributed by atoms with van der Waals surface area (Å²) in [6.07, 6.45) is 0. The molecule has 198 valence electrons. The smallest absolute Gasteiger partial charge is 0.200 e. The first kappa shape index (κ1) is 26.7. The summed E-state index contributed by atoms with van der Waals surface area (Å²) in [4.78, 5) is 8.99. The van der Waals surface area contributed by atoms with Gasteiger partial charge in [0.15, 0.2) is 81.5 Å². The Bertz CT molecular complexity index is 1530. The molecule has 4 rings (SSSR count). The molecule has 0 unspecified atom stereocenters. The largest absolute Gasteiger partial charge is 0.208 e. The van der Waals surface area contributed by atoms with E-state index in [1.165, 1.54) is 0 Å². The molecule has 0 spiro atoms. The molecule has 0 saturated carbocycles. The molecule has 0 fully saturated rings. The van der Waals surface area contributed by atoms with Crippen LogP contribution in [0.1, 0.15) is 0 Å². The van der Waals surface area contributed by atoms with Gasteiger partial charge < -0.3 is 0 Å². The van der Waals surface area contributed by atoms with Crippen molar-refractivity contribution in [2.75, 3.05) is 0 Å². The highest BCUT2D eigenvalue weighted by molar-refractivity contribution is 5.68. The fourth-order valence-electron chi connectivity index (χ4n) is 3.08. The second kappa shape index (κ2) is 9.21. The number of aromatic nitrogens is 3. The standard InChI is InChI=1S/C21HF14N3/c22-2-1-3(23)7(24)8(25)4(2)19-36-20(5-9(26)13(30)17(34)14(31)10(5)27)38-21(37-19)6-11(28)15(32)18(35)16(33)12(6)29/h1H. The number of rotatable bonds is 3. The Balaban J connectivity index is 2.20. The molecule has 0 amide bonds. The van der Waals surface area contributed by atoms with Crippen LogP contribution in [-0.4, -0.2) is 15.0 Å². The van der Waals surface area contributed by atoms with Gasteiger partial charge in [-0.3, -0.25) is 0 Å². The van der Waals surface area contributed by atoms with Crippen molar-refractivity contribution in [2.24, 2.45) is 0 Å². The highest BCUT2D eigenvalue weighted by atomic mass is 19.2. The highest BCUT2D eigenvalue weighted by Crippen LogP contribution is 2.36. The predicted molar refractivity (Wildman–Crippen MR) is 95.5 cm³/mol. The summed E-state index contributed by atoms with van der Waals surface area (Å²) in [5.74, 6) is -41.4. The van der Waals surface area contributed by atoms with E-state index < -0.39 is 116 Å². The molecule has 1 heterocycles. The molecule has 38 heavy (non-hydrogen) atoms. The number of benzene rings is 3. The van der Waals surface area contributed by atoms with E-state index >= 15 is 0 Å². The van der Waals surface area contributed by atoms with Crippen molar-refractivity contribution < 1.29 is 61.5 Å². The van der Waals surface area contributed by atoms with Crippen molar-refractivity contribution >= 4 is 0 Å². The molecule has 0 aliphatic rings. The molecular formula is C21HF14N3. The van der Waals surface area contributed by atoms with E-state index in [1.54, 1.807) is 0 Å². The Kier molecular flexibility index (Phi) is 6.48. The maximum Gasteiger partial charge on any atom is 0.200 e. The summed E-state index contributed by atoms with van der Waals surface area (Å²) in [7, 11) is 0. The second-order valence-corrected chi connectivity index (χ2v) is 7.04. The van der Waals surface area contributed by atoms with Crippen molar-refractivity contribution in [1.82, 2.24) is 15.0 Å². The Morgan fingerprint density at radius 2 is 0.553 bits per heavy atom. The van der Waals surface area contributed by atoms with Crippen molar-refractivity contribution in [1.29, 1.82) is 0 Å². The number of halogens is 14. The topological polar surface area (TPSA) is 38.7 Å². The summed E-state index contributed by atoms with van der Waals surface area (Å²) in [6.45, 7) is 0. The Morgan fingerprint density at radius 3 is 0.895 bits per heavy atom. The lowest BCUT2D eigenvalue weighted by molar-refractivity contribution is 0.380. The lowest BCUT2D eigenvalue weighted by atomic mass is 10.1. The van der Waals surface area contributed by atoms with Crippen LogP contribution < -0.4 is 0 Å². The maximum atomic E-state index is 14.4. The molecule has 3 aromatic carbocycles. The van der Waals surface area contributed by atoms with Gasteiger partial charge in [-0.1, -0.05) is 0 Å². The first-order chi connectivity index (χ1) is 17.7. The van der Waals surface area contributed by atoms with Gasteiger partial charge in [0.1, 0.15) is 5.82 Å². The Labute approximate surface area is 199 Å². The molecule has 3 nitrogen and oxygen atoms in total. The number of hydrogen-bond donors (Lipinski definition) is 0. The Morgan fingerprint density at radius 1 is 0.289 bits per heavy atom. The zero-order chi connectivity index (χ0) is 28.4. The summed E-state index contributed by atoms with van der Waals surface area (Å²) in [5, 5.41) is 0. The third kappa shape index (κ3) is 3.88. The molecule has 0 atom stereocenters. The highest BCUT2D eigenvalue weighted by Gasteiger charge is 2.33. The SMILES string of the molecule is Fc1cc(F)c(-c2nc(-c3c(F)c(F)c(F)c(F)c3F)nc(-c3c(F)c(F)c(F)c(F)c3F)n2)c(F)c1F. The van der Waals surface area contributed by atoms with Gasteiger partial charge in [0.05, 0.1) is 16.7 Å². The van der Waals surface area contributed by atoms with Crippen LogP contribution in [0.3, 0.4) is 0 Å². The predicted octanol–water partition coefficient (Wildman–Crippen LogP) is 6.82. The summed E-state index contributed by atoms with van der Waals surface area (Å²) in [6, 6.07) is -0.326. The van der Waals surface area contributed by atoms with Crippen LogP contribution in [0.4, 0.5) is 61.5 Å². The first-order valence-electron chi connectivity index (χ1n) is 9.31. The molecule has 0 bridgehead atoms. The third-order valence-corrected chi connectivity index (χ3v) is 4.84. The molecule has 0 aliphatic carbocycles. The number of hydrogen-bond acceptors (Lipinski definition) is 3. The van der Waals surface area contributed by atoms with Crippen LogP contribution in [0.2, 0.25) is 0 Å². The van der Waals surface area contributed by atoms with E-state index in [0.29, 0.717) is 0 Å². The van der Waals surface area contributed by atoms with Crippen molar-refractivity contribution in [3.63, 3.8) is 0 Å². The van der Waals surface area contributed by atoms with Crippen LogP contribution in [0.15, 0.2) is 6.07 Å². The molecule has 0 radical (unpaired) electrons. The fraction of sp³-hybridized carbons (Fsp3) is 0. The average Bonchev–Trinajstić information content (AvgIpc) is 2.87. The normalized spacial score (nSPS) is 11.4. The first-order valence-corrected chi connectivity index (χ1v) is 9.31. The molecule has 4 aromatic rings. The molecule has 1 aromatic heterocycles. The third-order valence-electron chi connectivity index (χ3n) is 4.84. The van der Waals surface area contributed by atoms with E-state index in [-0.39, 0.29) is 6.07 Å². The van der Waals surface area contributed by atoms with Gasteiger partial charge in [0, 0.05) is 6.07 Å². The van der Waals surface area contributed by atoms with Gasteiger partial charge >= 0.3 is 0 Å². The van der Waals surface area contributed by atoms with Gasteiger partial charge in [0.2, 0.25) is 11.6 Å². The molecule has 17 heteroatoms. The Hall–Kier alpha value is -4.31. The van der Waals surface area contributed by atoms with E-state index in [9.17, 15) is 61.5 Å². The zero-order valence-electron chi connectivity index (χ0n) is 17.2. The van der Waals surface area contributed by atoms with Gasteiger partial charge in [-0.2, -0.15) is 0 Å². The van der Waals surface area contributed by atoms with Crippen LogP contribution >= 0.6 is 0 Å². The minimum absolute atomic E-state index is 0.326. The summed E-state index contributed by atoms with van der Waals surface area (Å²) >= 11 is 0. The van der Waals surface area contributed by atoms with E-state index in [4.69, 9.17) is 0 Å². The fourth-order valence-corrected chi connectivity index (χ4v) is 3.08. The molecular weight excluding hydrogens is 560 g/mol. The lowest BCUT2D eigenvalue weighted by Crippen LogP contribution is -2.11. The van der Waals surface area contributed by atoms with E-state index in [1.807, 2.05) is 0 Å². The van der Waals surface area contributed by atoms with Crippen molar-refractivity contribution in [3.05, 3.63) is 87.5 Å². The van der Waals surface area contributed by atoms with Crippen LogP contribution in [0, 0.1) is 81.4 Å². The second-order valence-electron chi connectivity index (χ2n) is 7.04. The minimum atomic E-state index is -2.72. The van der Waals surface area contributed by atoms with Gasteiger partial charge in [0.25, 0.3) is 0 Å². The lowest BCUT2D eigenvalue weighted by Gasteiger charge is -2.13. The monoisotopic (exact) mass is 561 g/mol. The summed E-state index contributed by atoms with van der Waals surface area (Å²) in [5.41, 5.74) is -6.07.